The highest BCUT2D eigenvalue weighted by molar-refractivity contribution is 7.89. The molecule has 0 unspecified atom stereocenters. The number of likely N-dealkylation sites (N-methyl/N-ethyl adjacent to an activating group) is 1. The summed E-state index contributed by atoms with van der Waals surface area (Å²) in [6.07, 6.45) is 1.96. The van der Waals surface area contributed by atoms with E-state index in [9.17, 15) is 22.4 Å². The average molecular weight is 386 g/mol. The number of nitrogens with zero attached hydrogens (tertiary/aromatic N) is 2. The van der Waals surface area contributed by atoms with Crippen LogP contribution < -0.4 is 0 Å². The number of esters is 1. The fourth-order valence-electron chi connectivity index (χ4n) is 2.39. The number of carbonyl (C=O) groups excluding carboxylic acids is 2. The van der Waals surface area contributed by atoms with Gasteiger partial charge in [0.25, 0.3) is 0 Å². The van der Waals surface area contributed by atoms with Crippen molar-refractivity contribution >= 4 is 21.9 Å². The first-order valence-corrected chi connectivity index (χ1v) is 9.83. The SMILES string of the molecule is CCOC(=O)CN(CC1CC1)C(=O)CN(C)S(=O)(=O)c1ccc(F)cc1. The number of rotatable bonds is 9. The lowest BCUT2D eigenvalue weighted by molar-refractivity contribution is -0.149. The van der Waals surface area contributed by atoms with Gasteiger partial charge in [0.05, 0.1) is 18.0 Å². The number of carbonyl (C=O) groups is 2. The fourth-order valence-corrected chi connectivity index (χ4v) is 3.51. The summed E-state index contributed by atoms with van der Waals surface area (Å²) in [7, 11) is -2.66. The second-order valence-corrected chi connectivity index (χ2v) is 8.28. The first kappa shape index (κ1) is 20.3. The molecule has 1 aliphatic rings. The van der Waals surface area contributed by atoms with Gasteiger partial charge in [-0.1, -0.05) is 0 Å². The summed E-state index contributed by atoms with van der Waals surface area (Å²) in [5.41, 5.74) is 0. The van der Waals surface area contributed by atoms with Gasteiger partial charge < -0.3 is 9.64 Å². The topological polar surface area (TPSA) is 84.0 Å². The zero-order valence-corrected chi connectivity index (χ0v) is 15.7. The van der Waals surface area contributed by atoms with Crippen molar-refractivity contribution in [1.82, 2.24) is 9.21 Å². The molecule has 0 heterocycles. The summed E-state index contributed by atoms with van der Waals surface area (Å²) in [6.45, 7) is 1.68. The van der Waals surface area contributed by atoms with Gasteiger partial charge >= 0.3 is 5.97 Å². The van der Waals surface area contributed by atoms with Crippen LogP contribution in [0, 0.1) is 11.7 Å². The molecule has 0 atom stereocenters. The van der Waals surface area contributed by atoms with Crippen LogP contribution in [0.4, 0.5) is 4.39 Å². The minimum Gasteiger partial charge on any atom is -0.465 e. The van der Waals surface area contributed by atoms with Gasteiger partial charge in [-0.15, -0.1) is 0 Å². The van der Waals surface area contributed by atoms with Crippen LogP contribution in [0.1, 0.15) is 19.8 Å². The molecule has 0 N–H and O–H groups in total. The molecule has 7 nitrogen and oxygen atoms in total. The number of benzene rings is 1. The minimum atomic E-state index is -3.93. The lowest BCUT2D eigenvalue weighted by Gasteiger charge is -2.24. The van der Waals surface area contributed by atoms with Crippen molar-refractivity contribution in [3.05, 3.63) is 30.1 Å². The third kappa shape index (κ3) is 5.50. The van der Waals surface area contributed by atoms with Crippen LogP contribution in [0.15, 0.2) is 29.2 Å². The molecule has 0 aliphatic heterocycles. The van der Waals surface area contributed by atoms with E-state index in [1.165, 1.54) is 11.9 Å². The van der Waals surface area contributed by atoms with Gasteiger partial charge in [-0.3, -0.25) is 9.59 Å². The molecule has 0 saturated heterocycles. The molecule has 2 rings (SSSR count). The van der Waals surface area contributed by atoms with Crippen LogP contribution in [0.25, 0.3) is 0 Å². The Morgan fingerprint density at radius 3 is 2.35 bits per heavy atom. The quantitative estimate of drug-likeness (QED) is 0.597. The molecule has 0 bridgehead atoms. The van der Waals surface area contributed by atoms with Gasteiger partial charge in [0.15, 0.2) is 0 Å². The molecular formula is C17H23FN2O5S. The predicted molar refractivity (Wildman–Crippen MR) is 92.2 cm³/mol. The van der Waals surface area contributed by atoms with Crippen LogP contribution in [-0.4, -0.2) is 62.8 Å². The fraction of sp³-hybridized carbons (Fsp3) is 0.529. The van der Waals surface area contributed by atoms with Crippen molar-refractivity contribution < 1.29 is 27.1 Å². The molecule has 1 fully saturated rings. The standard InChI is InChI=1S/C17H23FN2O5S/c1-3-25-17(22)12-20(10-13-4-5-13)16(21)11-19(2)26(23,24)15-8-6-14(18)7-9-15/h6-9,13H,3-5,10-12H2,1-2H3. The molecular weight excluding hydrogens is 363 g/mol. The monoisotopic (exact) mass is 386 g/mol. The van der Waals surface area contributed by atoms with E-state index in [0.717, 1.165) is 41.4 Å². The van der Waals surface area contributed by atoms with Crippen LogP contribution in [0.3, 0.4) is 0 Å². The number of sulfonamides is 1. The summed E-state index contributed by atoms with van der Waals surface area (Å²) in [5, 5.41) is 0. The third-order valence-corrected chi connectivity index (χ3v) is 5.85. The maximum atomic E-state index is 13.0. The Bertz CT molecular complexity index is 747. The predicted octanol–water partition coefficient (Wildman–Crippen LogP) is 1.25. The van der Waals surface area contributed by atoms with Crippen LogP contribution >= 0.6 is 0 Å². The molecule has 0 aromatic heterocycles. The van der Waals surface area contributed by atoms with Crippen molar-refractivity contribution in [1.29, 1.82) is 0 Å². The van der Waals surface area contributed by atoms with Crippen LogP contribution in [0.2, 0.25) is 0 Å². The summed E-state index contributed by atoms with van der Waals surface area (Å²) in [5.74, 6) is -1.20. The lowest BCUT2D eigenvalue weighted by atomic mass is 10.3. The highest BCUT2D eigenvalue weighted by atomic mass is 32.2. The molecule has 1 amide bonds. The molecule has 26 heavy (non-hydrogen) atoms. The van der Waals surface area contributed by atoms with E-state index in [1.54, 1.807) is 6.92 Å². The highest BCUT2D eigenvalue weighted by Gasteiger charge is 2.30. The Morgan fingerprint density at radius 2 is 1.81 bits per heavy atom. The van der Waals surface area contributed by atoms with Gasteiger partial charge in [-0.05, 0) is 49.9 Å². The average Bonchev–Trinajstić information content (AvgIpc) is 3.38. The minimum absolute atomic E-state index is 0.103. The normalized spacial score (nSPS) is 14.3. The van der Waals surface area contributed by atoms with Crippen molar-refractivity contribution in [3.8, 4) is 0 Å². The van der Waals surface area contributed by atoms with E-state index in [0.29, 0.717) is 12.5 Å². The zero-order valence-electron chi connectivity index (χ0n) is 14.9. The molecule has 1 aromatic carbocycles. The van der Waals surface area contributed by atoms with Crippen molar-refractivity contribution in [2.75, 3.05) is 33.3 Å². The number of hydrogen-bond acceptors (Lipinski definition) is 5. The lowest BCUT2D eigenvalue weighted by Crippen LogP contribution is -2.44. The Kier molecular flexibility index (Phi) is 6.71. The largest absolute Gasteiger partial charge is 0.465 e. The van der Waals surface area contributed by atoms with Crippen molar-refractivity contribution in [3.63, 3.8) is 0 Å². The van der Waals surface area contributed by atoms with Gasteiger partial charge in [0.2, 0.25) is 15.9 Å². The van der Waals surface area contributed by atoms with Gasteiger partial charge in [0.1, 0.15) is 12.4 Å². The Labute approximate surface area is 152 Å². The first-order chi connectivity index (χ1) is 12.2. The van der Waals surface area contributed by atoms with Gasteiger partial charge in [-0.2, -0.15) is 4.31 Å². The number of halogens is 1. The molecule has 0 radical (unpaired) electrons. The molecule has 0 spiro atoms. The smallest absolute Gasteiger partial charge is 0.325 e. The zero-order chi connectivity index (χ0) is 19.3. The second kappa shape index (κ2) is 8.59. The van der Waals surface area contributed by atoms with Crippen molar-refractivity contribution in [2.45, 2.75) is 24.7 Å². The summed E-state index contributed by atoms with van der Waals surface area (Å²) < 4.78 is 43.8. The van der Waals surface area contributed by atoms with E-state index in [-0.39, 0.29) is 18.0 Å². The Morgan fingerprint density at radius 1 is 1.19 bits per heavy atom. The molecule has 144 valence electrons. The third-order valence-electron chi connectivity index (χ3n) is 4.03. The molecule has 1 aromatic rings. The van der Waals surface area contributed by atoms with E-state index < -0.39 is 34.3 Å². The summed E-state index contributed by atoms with van der Waals surface area (Å²) in [6, 6.07) is 4.38. The summed E-state index contributed by atoms with van der Waals surface area (Å²) >= 11 is 0. The molecule has 1 saturated carbocycles. The van der Waals surface area contributed by atoms with E-state index in [1.807, 2.05) is 0 Å². The van der Waals surface area contributed by atoms with Crippen LogP contribution in [0.5, 0.6) is 0 Å². The highest BCUT2D eigenvalue weighted by Crippen LogP contribution is 2.29. The molecule has 9 heteroatoms. The van der Waals surface area contributed by atoms with Crippen LogP contribution in [-0.2, 0) is 24.3 Å². The number of amides is 1. The Hall–Kier alpha value is -2.00. The van der Waals surface area contributed by atoms with Gasteiger partial charge in [-0.25, -0.2) is 12.8 Å². The van der Waals surface area contributed by atoms with Crippen molar-refractivity contribution in [2.24, 2.45) is 5.92 Å². The van der Waals surface area contributed by atoms with E-state index >= 15 is 0 Å². The second-order valence-electron chi connectivity index (χ2n) is 6.24. The molecule has 1 aliphatic carbocycles. The maximum absolute atomic E-state index is 13.0. The van der Waals surface area contributed by atoms with E-state index in [4.69, 9.17) is 4.74 Å². The maximum Gasteiger partial charge on any atom is 0.325 e. The number of hydrogen-bond donors (Lipinski definition) is 0. The first-order valence-electron chi connectivity index (χ1n) is 8.39. The summed E-state index contributed by atoms with van der Waals surface area (Å²) in [4.78, 5) is 25.5. The van der Waals surface area contributed by atoms with Gasteiger partial charge in [0, 0.05) is 13.6 Å². The van der Waals surface area contributed by atoms with E-state index in [2.05, 4.69) is 0 Å². The Balaban J connectivity index is 2.05. The number of ether oxygens (including phenoxy) is 1.